The molecule has 2 N–H and O–H groups in total. The largest absolute Gasteiger partial charge is 0.339 e. The van der Waals surface area contributed by atoms with Gasteiger partial charge in [-0.3, -0.25) is 14.9 Å². The van der Waals surface area contributed by atoms with Gasteiger partial charge in [-0.15, -0.1) is 0 Å². The highest BCUT2D eigenvalue weighted by Crippen LogP contribution is 2.19. The summed E-state index contributed by atoms with van der Waals surface area (Å²) in [7, 11) is 0. The van der Waals surface area contributed by atoms with Gasteiger partial charge in [0.05, 0.1) is 0 Å². The molecule has 0 aliphatic rings. The first-order valence-electron chi connectivity index (χ1n) is 11.2. The molecule has 0 atom stereocenters. The van der Waals surface area contributed by atoms with Crippen molar-refractivity contribution in [3.63, 3.8) is 0 Å². The maximum atomic E-state index is 12.9. The second-order valence-corrected chi connectivity index (χ2v) is 8.13. The van der Waals surface area contributed by atoms with Crippen molar-refractivity contribution in [3.8, 4) is 11.1 Å². The fourth-order valence-electron chi connectivity index (χ4n) is 3.55. The molecule has 0 aliphatic carbocycles. The van der Waals surface area contributed by atoms with Crippen LogP contribution in [-0.2, 0) is 0 Å². The number of hydrogen-bond acceptors (Lipinski definition) is 3. The Labute approximate surface area is 200 Å². The average molecular weight is 460 g/mol. The molecule has 170 valence electrons. The normalized spacial score (nSPS) is 10.4. The van der Waals surface area contributed by atoms with Crippen LogP contribution in [0.25, 0.3) is 11.1 Å². The van der Waals surface area contributed by atoms with E-state index in [1.165, 1.54) is 0 Å². The molecule has 0 saturated carbocycles. The monoisotopic (exact) mass is 459 g/mol. The van der Waals surface area contributed by atoms with Crippen molar-refractivity contribution in [2.45, 2.75) is 26.7 Å². The van der Waals surface area contributed by atoms with Gasteiger partial charge in [0.1, 0.15) is 0 Å². The summed E-state index contributed by atoms with van der Waals surface area (Å²) >= 11 is 5.32. The second-order valence-electron chi connectivity index (χ2n) is 7.72. The molecule has 5 nitrogen and oxygen atoms in total. The lowest BCUT2D eigenvalue weighted by Gasteiger charge is -2.21. The number of anilines is 1. The zero-order valence-corrected chi connectivity index (χ0v) is 19.8. The van der Waals surface area contributed by atoms with Crippen LogP contribution in [0.15, 0.2) is 78.9 Å². The summed E-state index contributed by atoms with van der Waals surface area (Å²) in [5, 5.41) is 5.89. The molecule has 3 aromatic carbocycles. The van der Waals surface area contributed by atoms with Gasteiger partial charge in [-0.1, -0.05) is 62.4 Å². The van der Waals surface area contributed by atoms with E-state index < -0.39 is 0 Å². The van der Waals surface area contributed by atoms with Gasteiger partial charge in [0, 0.05) is 29.9 Å². The van der Waals surface area contributed by atoms with Crippen molar-refractivity contribution in [3.05, 3.63) is 90.0 Å². The Balaban J connectivity index is 1.62. The van der Waals surface area contributed by atoms with Gasteiger partial charge in [-0.05, 0) is 66.5 Å². The molecule has 6 heteroatoms. The van der Waals surface area contributed by atoms with Crippen molar-refractivity contribution < 1.29 is 9.59 Å². The summed E-state index contributed by atoms with van der Waals surface area (Å²) in [6.07, 6.45) is 1.82. The number of nitrogens with zero attached hydrogens (tertiary/aromatic N) is 1. The molecule has 0 radical (unpaired) electrons. The van der Waals surface area contributed by atoms with Gasteiger partial charge in [-0.25, -0.2) is 0 Å². The van der Waals surface area contributed by atoms with Crippen LogP contribution >= 0.6 is 12.2 Å². The Morgan fingerprint density at radius 3 is 2.06 bits per heavy atom. The first-order chi connectivity index (χ1) is 16.0. The van der Waals surface area contributed by atoms with Crippen molar-refractivity contribution in [2.24, 2.45) is 0 Å². The maximum Gasteiger partial charge on any atom is 0.257 e. The number of hydrogen-bond donors (Lipinski definition) is 2. The van der Waals surface area contributed by atoms with E-state index in [0.717, 1.165) is 37.1 Å². The van der Waals surface area contributed by atoms with E-state index in [0.29, 0.717) is 16.8 Å². The highest BCUT2D eigenvalue weighted by molar-refractivity contribution is 7.80. The molecule has 3 aromatic rings. The van der Waals surface area contributed by atoms with Gasteiger partial charge in [0.25, 0.3) is 11.8 Å². The molecule has 0 aromatic heterocycles. The molecule has 0 unspecified atom stereocenters. The van der Waals surface area contributed by atoms with Crippen LogP contribution in [0.5, 0.6) is 0 Å². The van der Waals surface area contributed by atoms with Gasteiger partial charge in [0.2, 0.25) is 0 Å². The van der Waals surface area contributed by atoms with Crippen molar-refractivity contribution in [1.29, 1.82) is 0 Å². The smallest absolute Gasteiger partial charge is 0.257 e. The molecule has 0 fully saturated rings. The summed E-state index contributed by atoms with van der Waals surface area (Å²) in [6, 6.07) is 24.5. The molecule has 0 aliphatic heterocycles. The Morgan fingerprint density at radius 1 is 0.788 bits per heavy atom. The fourth-order valence-corrected chi connectivity index (χ4v) is 3.76. The van der Waals surface area contributed by atoms with Crippen LogP contribution in [-0.4, -0.2) is 34.9 Å². The van der Waals surface area contributed by atoms with E-state index in [-0.39, 0.29) is 16.9 Å². The highest BCUT2D eigenvalue weighted by Gasteiger charge is 2.15. The summed E-state index contributed by atoms with van der Waals surface area (Å²) in [4.78, 5) is 27.3. The van der Waals surface area contributed by atoms with Gasteiger partial charge in [-0.2, -0.15) is 0 Å². The third kappa shape index (κ3) is 6.73. The topological polar surface area (TPSA) is 61.4 Å². The molecule has 0 spiro atoms. The van der Waals surface area contributed by atoms with E-state index in [2.05, 4.69) is 24.5 Å². The molecular weight excluding hydrogens is 430 g/mol. The lowest BCUT2D eigenvalue weighted by atomic mass is 10.0. The number of amides is 2. The third-order valence-corrected chi connectivity index (χ3v) is 5.33. The fraction of sp³-hybridized carbons (Fsp3) is 0.222. The van der Waals surface area contributed by atoms with Gasteiger partial charge in [0.15, 0.2) is 5.11 Å². The SMILES string of the molecule is CCCN(CCC)C(=O)c1cccc(NC(=S)NC(=O)c2ccc(-c3ccccc3)cc2)c1. The van der Waals surface area contributed by atoms with Crippen LogP contribution in [0.3, 0.4) is 0 Å². The predicted octanol–water partition coefficient (Wildman–Crippen LogP) is 5.74. The predicted molar refractivity (Wildman–Crippen MR) is 138 cm³/mol. The lowest BCUT2D eigenvalue weighted by Crippen LogP contribution is -2.34. The van der Waals surface area contributed by atoms with Gasteiger partial charge < -0.3 is 10.2 Å². The Hall–Kier alpha value is -3.51. The number of nitrogens with one attached hydrogen (secondary N) is 2. The molecular formula is C27H29N3O2S. The summed E-state index contributed by atoms with van der Waals surface area (Å²) in [5.41, 5.74) is 3.88. The average Bonchev–Trinajstić information content (AvgIpc) is 2.84. The number of carbonyl (C=O) groups excluding carboxylic acids is 2. The summed E-state index contributed by atoms with van der Waals surface area (Å²) in [5.74, 6) is -0.299. The van der Waals surface area contributed by atoms with E-state index in [1.54, 1.807) is 30.3 Å². The number of rotatable bonds is 8. The van der Waals surface area contributed by atoms with Crippen LogP contribution < -0.4 is 10.6 Å². The van der Waals surface area contributed by atoms with Crippen molar-refractivity contribution in [1.82, 2.24) is 10.2 Å². The maximum absolute atomic E-state index is 12.9. The molecule has 2 amide bonds. The van der Waals surface area contributed by atoms with Crippen LogP contribution in [0.1, 0.15) is 47.4 Å². The summed E-state index contributed by atoms with van der Waals surface area (Å²) in [6.45, 7) is 5.57. The van der Waals surface area contributed by atoms with Crippen LogP contribution in [0.4, 0.5) is 5.69 Å². The Kier molecular flexibility index (Phi) is 8.72. The minimum Gasteiger partial charge on any atom is -0.339 e. The summed E-state index contributed by atoms with van der Waals surface area (Å²) < 4.78 is 0. The van der Waals surface area contributed by atoms with E-state index in [4.69, 9.17) is 12.2 Å². The number of carbonyl (C=O) groups is 2. The molecule has 33 heavy (non-hydrogen) atoms. The standard InChI is InChI=1S/C27H29N3O2S/c1-3-17-30(18-4-2)26(32)23-11-8-12-24(19-23)28-27(33)29-25(31)22-15-13-21(14-16-22)20-9-6-5-7-10-20/h5-16,19H,3-4,17-18H2,1-2H3,(H2,28,29,31,33). The van der Waals surface area contributed by atoms with E-state index in [1.807, 2.05) is 53.4 Å². The van der Waals surface area contributed by atoms with Crippen LogP contribution in [0, 0.1) is 0 Å². The minimum atomic E-state index is -0.295. The third-order valence-electron chi connectivity index (χ3n) is 5.12. The highest BCUT2D eigenvalue weighted by atomic mass is 32.1. The number of thiocarbonyl (C=S) groups is 1. The zero-order chi connectivity index (χ0) is 23.6. The Morgan fingerprint density at radius 2 is 1.42 bits per heavy atom. The Bertz CT molecular complexity index is 1090. The van der Waals surface area contributed by atoms with Crippen molar-refractivity contribution >= 4 is 34.8 Å². The second kappa shape index (κ2) is 11.9. The molecule has 3 rings (SSSR count). The molecule has 0 bridgehead atoms. The van der Waals surface area contributed by atoms with Gasteiger partial charge >= 0.3 is 0 Å². The first kappa shape index (κ1) is 24.1. The molecule has 0 saturated heterocycles. The molecule has 0 heterocycles. The van der Waals surface area contributed by atoms with E-state index >= 15 is 0 Å². The first-order valence-corrected chi connectivity index (χ1v) is 11.6. The van der Waals surface area contributed by atoms with Crippen LogP contribution in [0.2, 0.25) is 0 Å². The number of benzene rings is 3. The van der Waals surface area contributed by atoms with Crippen molar-refractivity contribution in [2.75, 3.05) is 18.4 Å². The van der Waals surface area contributed by atoms with E-state index in [9.17, 15) is 9.59 Å². The zero-order valence-electron chi connectivity index (χ0n) is 19.0. The lowest BCUT2D eigenvalue weighted by molar-refractivity contribution is 0.0755. The quantitative estimate of drug-likeness (QED) is 0.422. The minimum absolute atomic E-state index is 0.00388.